The second kappa shape index (κ2) is 14.4. The third-order valence-electron chi connectivity index (χ3n) is 2.67. The maximum absolute atomic E-state index is 8.64. The van der Waals surface area contributed by atoms with Crippen molar-refractivity contribution >= 4 is 40.7 Å². The predicted octanol–water partition coefficient (Wildman–Crippen LogP) is 2.37. The lowest BCUT2D eigenvalue weighted by Crippen LogP contribution is -2.28. The molecule has 0 aliphatic rings. The highest BCUT2D eigenvalue weighted by Gasteiger charge is 2.10. The Kier molecular flexibility index (Phi) is 15.7. The van der Waals surface area contributed by atoms with Gasteiger partial charge in [0, 0.05) is 26.2 Å². The molecule has 0 heterocycles. The van der Waals surface area contributed by atoms with E-state index in [9.17, 15) is 0 Å². The first-order valence-electron chi connectivity index (χ1n) is 6.74. The molecule has 0 saturated heterocycles. The molecule has 1 aromatic carbocycles. The molecule has 1 aromatic rings. The fraction of sp³-hybridized carbons (Fsp3) is 0.571. The largest absolute Gasteiger partial charge is 0.493 e. The summed E-state index contributed by atoms with van der Waals surface area (Å²) in [6.07, 6.45) is 0. The van der Waals surface area contributed by atoms with Crippen LogP contribution >= 0.6 is 40.7 Å². The number of methoxy groups -OCH3 is 1. The first-order valence-corrected chi connectivity index (χ1v) is 7.53. The normalized spacial score (nSPS) is 9.64. The quantitative estimate of drug-likeness (QED) is 0.508. The Morgan fingerprint density at radius 3 is 2.41 bits per heavy atom. The molecule has 3 N–H and O–H groups in total. The van der Waals surface area contributed by atoms with Crippen molar-refractivity contribution in [3.63, 3.8) is 0 Å². The summed E-state index contributed by atoms with van der Waals surface area (Å²) in [7, 11) is 1.64. The minimum atomic E-state index is 0. The van der Waals surface area contributed by atoms with Gasteiger partial charge >= 0.3 is 0 Å². The predicted molar refractivity (Wildman–Crippen MR) is 98.0 cm³/mol. The molecule has 0 spiro atoms. The molecule has 8 heteroatoms. The van der Waals surface area contributed by atoms with Crippen molar-refractivity contribution < 1.29 is 14.6 Å². The molecule has 0 bridgehead atoms. The van der Waals surface area contributed by atoms with Crippen LogP contribution in [0, 0.1) is 0 Å². The van der Waals surface area contributed by atoms with Crippen LogP contribution in [0.4, 0.5) is 0 Å². The van der Waals surface area contributed by atoms with Crippen molar-refractivity contribution in [1.29, 1.82) is 0 Å². The van der Waals surface area contributed by atoms with Crippen molar-refractivity contribution in [3.8, 4) is 11.5 Å². The SMILES string of the molecule is CCOc1c(Br)cc(CNCCNCCO)cc1OC.Cl.Cl. The fourth-order valence-electron chi connectivity index (χ4n) is 1.77. The number of hydrogen-bond donors (Lipinski definition) is 3. The molecule has 130 valence electrons. The Balaban J connectivity index is 0. The van der Waals surface area contributed by atoms with Gasteiger partial charge in [-0.2, -0.15) is 0 Å². The Morgan fingerprint density at radius 2 is 1.82 bits per heavy atom. The fourth-order valence-corrected chi connectivity index (χ4v) is 2.38. The lowest BCUT2D eigenvalue weighted by molar-refractivity contribution is 0.292. The number of halogens is 3. The van der Waals surface area contributed by atoms with Crippen LogP contribution in [0.1, 0.15) is 12.5 Å². The number of nitrogens with one attached hydrogen (secondary N) is 2. The van der Waals surface area contributed by atoms with Crippen molar-refractivity contribution in [3.05, 3.63) is 22.2 Å². The average Bonchev–Trinajstić information content (AvgIpc) is 2.45. The van der Waals surface area contributed by atoms with Crippen LogP contribution in [-0.4, -0.2) is 45.1 Å². The molecule has 1 rings (SSSR count). The molecule has 0 aromatic heterocycles. The van der Waals surface area contributed by atoms with Gasteiger partial charge < -0.3 is 25.2 Å². The summed E-state index contributed by atoms with van der Waals surface area (Å²) in [5.41, 5.74) is 1.12. The van der Waals surface area contributed by atoms with E-state index < -0.39 is 0 Å². The van der Waals surface area contributed by atoms with E-state index in [4.69, 9.17) is 14.6 Å². The number of hydrogen-bond acceptors (Lipinski definition) is 5. The minimum Gasteiger partial charge on any atom is -0.493 e. The molecule has 0 unspecified atom stereocenters. The Hall–Kier alpha value is -0.240. The third kappa shape index (κ3) is 8.41. The van der Waals surface area contributed by atoms with Crippen LogP contribution in [0.5, 0.6) is 11.5 Å². The molecule has 22 heavy (non-hydrogen) atoms. The van der Waals surface area contributed by atoms with Crippen LogP contribution in [0.15, 0.2) is 16.6 Å². The van der Waals surface area contributed by atoms with Crippen LogP contribution < -0.4 is 20.1 Å². The number of rotatable bonds is 10. The number of aliphatic hydroxyl groups excluding tert-OH is 1. The average molecular weight is 420 g/mol. The summed E-state index contributed by atoms with van der Waals surface area (Å²) in [6.45, 7) is 5.77. The summed E-state index contributed by atoms with van der Waals surface area (Å²) in [4.78, 5) is 0. The van der Waals surface area contributed by atoms with Crippen molar-refractivity contribution in [2.45, 2.75) is 13.5 Å². The molecule has 0 aliphatic carbocycles. The van der Waals surface area contributed by atoms with Gasteiger partial charge in [-0.3, -0.25) is 0 Å². The van der Waals surface area contributed by atoms with Crippen molar-refractivity contribution in [1.82, 2.24) is 10.6 Å². The zero-order valence-electron chi connectivity index (χ0n) is 12.9. The zero-order valence-corrected chi connectivity index (χ0v) is 16.1. The van der Waals surface area contributed by atoms with Gasteiger partial charge in [-0.15, -0.1) is 24.8 Å². The lowest BCUT2D eigenvalue weighted by atomic mass is 10.2. The van der Waals surface area contributed by atoms with E-state index in [0.717, 1.165) is 41.2 Å². The summed E-state index contributed by atoms with van der Waals surface area (Å²) in [5.74, 6) is 1.47. The highest BCUT2D eigenvalue weighted by Crippen LogP contribution is 2.36. The molecular formula is C14H25BrCl2N2O3. The Bertz CT molecular complexity index is 412. The van der Waals surface area contributed by atoms with Crippen LogP contribution in [0.2, 0.25) is 0 Å². The van der Waals surface area contributed by atoms with E-state index in [2.05, 4.69) is 26.6 Å². The summed E-state index contributed by atoms with van der Waals surface area (Å²) in [6, 6.07) is 4.01. The van der Waals surface area contributed by atoms with E-state index >= 15 is 0 Å². The van der Waals surface area contributed by atoms with Gasteiger partial charge in [0.1, 0.15) is 0 Å². The Morgan fingerprint density at radius 1 is 1.14 bits per heavy atom. The maximum Gasteiger partial charge on any atom is 0.175 e. The number of ether oxygens (including phenoxy) is 2. The van der Waals surface area contributed by atoms with Gasteiger partial charge in [0.2, 0.25) is 0 Å². The molecule has 0 radical (unpaired) electrons. The molecule has 0 amide bonds. The highest BCUT2D eigenvalue weighted by molar-refractivity contribution is 9.10. The molecule has 0 fully saturated rings. The second-order valence-electron chi connectivity index (χ2n) is 4.19. The second-order valence-corrected chi connectivity index (χ2v) is 5.05. The van der Waals surface area contributed by atoms with Gasteiger partial charge in [0.05, 0.1) is 24.8 Å². The van der Waals surface area contributed by atoms with Crippen LogP contribution in [0.3, 0.4) is 0 Å². The third-order valence-corrected chi connectivity index (χ3v) is 3.26. The van der Waals surface area contributed by atoms with Gasteiger partial charge in [0.25, 0.3) is 0 Å². The number of aliphatic hydroxyl groups is 1. The van der Waals surface area contributed by atoms with E-state index in [1.807, 2.05) is 19.1 Å². The summed E-state index contributed by atoms with van der Waals surface area (Å²) >= 11 is 3.51. The summed E-state index contributed by atoms with van der Waals surface area (Å²) in [5, 5.41) is 15.1. The van der Waals surface area contributed by atoms with E-state index in [0.29, 0.717) is 13.2 Å². The minimum absolute atomic E-state index is 0. The molecule has 0 saturated carbocycles. The number of benzene rings is 1. The smallest absolute Gasteiger partial charge is 0.175 e. The van der Waals surface area contributed by atoms with Crippen molar-refractivity contribution in [2.75, 3.05) is 40.0 Å². The molecule has 5 nitrogen and oxygen atoms in total. The Labute approximate surface area is 153 Å². The van der Waals surface area contributed by atoms with E-state index in [-0.39, 0.29) is 31.4 Å². The molecule has 0 aliphatic heterocycles. The maximum atomic E-state index is 8.64. The zero-order chi connectivity index (χ0) is 14.8. The standard InChI is InChI=1S/C14H23BrN2O3.2ClH/c1-3-20-14-12(15)8-11(9-13(14)19-2)10-17-5-4-16-6-7-18;;/h8-9,16-18H,3-7,10H2,1-2H3;2*1H. The van der Waals surface area contributed by atoms with E-state index in [1.54, 1.807) is 7.11 Å². The van der Waals surface area contributed by atoms with Crippen LogP contribution in [0.25, 0.3) is 0 Å². The van der Waals surface area contributed by atoms with Gasteiger partial charge in [-0.1, -0.05) is 0 Å². The lowest BCUT2D eigenvalue weighted by Gasteiger charge is -2.14. The van der Waals surface area contributed by atoms with Crippen molar-refractivity contribution in [2.24, 2.45) is 0 Å². The molecule has 0 atom stereocenters. The first kappa shape index (κ1) is 24.0. The molecular weight excluding hydrogens is 395 g/mol. The first-order chi connectivity index (χ1) is 9.72. The monoisotopic (exact) mass is 418 g/mol. The van der Waals surface area contributed by atoms with Gasteiger partial charge in [0.15, 0.2) is 11.5 Å². The van der Waals surface area contributed by atoms with E-state index in [1.165, 1.54) is 0 Å². The topological polar surface area (TPSA) is 62.8 Å². The van der Waals surface area contributed by atoms with Gasteiger partial charge in [-0.05, 0) is 40.5 Å². The van der Waals surface area contributed by atoms with Crippen LogP contribution in [-0.2, 0) is 6.54 Å². The summed E-state index contributed by atoms with van der Waals surface area (Å²) < 4.78 is 11.8. The highest BCUT2D eigenvalue weighted by atomic mass is 79.9. The van der Waals surface area contributed by atoms with Gasteiger partial charge in [-0.25, -0.2) is 0 Å².